The van der Waals surface area contributed by atoms with Crippen LogP contribution in [0, 0.1) is 5.92 Å². The van der Waals surface area contributed by atoms with Crippen molar-refractivity contribution < 1.29 is 17.9 Å². The van der Waals surface area contributed by atoms with E-state index in [0.717, 1.165) is 12.8 Å². The van der Waals surface area contributed by atoms with E-state index in [1.165, 1.54) is 23.6 Å². The van der Waals surface area contributed by atoms with Crippen molar-refractivity contribution in [1.29, 1.82) is 0 Å². The third-order valence-corrected chi connectivity index (χ3v) is 8.16. The highest BCUT2D eigenvalue weighted by atomic mass is 32.2. The van der Waals surface area contributed by atoms with Crippen LogP contribution in [0.3, 0.4) is 0 Å². The number of hydrogen-bond acceptors (Lipinski definition) is 4. The van der Waals surface area contributed by atoms with E-state index >= 15 is 0 Å². The summed E-state index contributed by atoms with van der Waals surface area (Å²) in [5.41, 5.74) is 0.474. The molecule has 1 saturated carbocycles. The Hall–Kier alpha value is -1.44. The molecule has 0 N–H and O–H groups in total. The molecule has 3 unspecified atom stereocenters. The maximum absolute atomic E-state index is 13.3. The van der Waals surface area contributed by atoms with Crippen molar-refractivity contribution in [3.05, 3.63) is 29.8 Å². The van der Waals surface area contributed by atoms with Gasteiger partial charge >= 0.3 is 0 Å². The summed E-state index contributed by atoms with van der Waals surface area (Å²) in [7, 11) is -3.60. The minimum absolute atomic E-state index is 0.0315. The summed E-state index contributed by atoms with van der Waals surface area (Å²) in [5, 5.41) is 0. The third-order valence-electron chi connectivity index (χ3n) is 6.27. The first-order chi connectivity index (χ1) is 13.0. The number of hydrogen-bond donors (Lipinski definition) is 0. The summed E-state index contributed by atoms with van der Waals surface area (Å²) in [4.78, 5) is 15.5. The van der Waals surface area contributed by atoms with Gasteiger partial charge in [-0.2, -0.15) is 4.31 Å². The highest BCUT2D eigenvalue weighted by Gasteiger charge is 2.42. The van der Waals surface area contributed by atoms with E-state index in [4.69, 9.17) is 4.74 Å². The predicted molar refractivity (Wildman–Crippen MR) is 102 cm³/mol. The van der Waals surface area contributed by atoms with Crippen LogP contribution < -0.4 is 0 Å². The number of ether oxygens (including phenoxy) is 1. The van der Waals surface area contributed by atoms with E-state index in [1.807, 2.05) is 4.90 Å². The zero-order chi connectivity index (χ0) is 19.0. The van der Waals surface area contributed by atoms with Gasteiger partial charge in [0.05, 0.1) is 18.1 Å². The SMILES string of the molecule is CC1CC2CCCCC2N1C(=O)c1cccc(S(=O)(=O)N2CCOCC2)c1. The zero-order valence-corrected chi connectivity index (χ0v) is 16.7. The molecule has 0 spiro atoms. The van der Waals surface area contributed by atoms with Crippen molar-refractivity contribution in [2.75, 3.05) is 26.3 Å². The average Bonchev–Trinajstić information content (AvgIpc) is 3.04. The number of carbonyl (C=O) groups is 1. The Morgan fingerprint density at radius 1 is 1.15 bits per heavy atom. The Balaban J connectivity index is 1.59. The normalized spacial score (nSPS) is 29.5. The summed E-state index contributed by atoms with van der Waals surface area (Å²) in [6.45, 7) is 3.64. The number of rotatable bonds is 3. The van der Waals surface area contributed by atoms with Crippen LogP contribution in [0.1, 0.15) is 49.4 Å². The van der Waals surface area contributed by atoms with Gasteiger partial charge < -0.3 is 9.64 Å². The molecule has 1 aliphatic carbocycles. The number of benzene rings is 1. The number of fused-ring (bicyclic) bond motifs is 1. The summed E-state index contributed by atoms with van der Waals surface area (Å²) >= 11 is 0. The molecule has 1 aromatic carbocycles. The molecule has 1 aromatic rings. The van der Waals surface area contributed by atoms with Gasteiger partial charge in [-0.15, -0.1) is 0 Å². The first kappa shape index (κ1) is 18.9. The summed E-state index contributed by atoms with van der Waals surface area (Å²) in [6.07, 6.45) is 5.74. The lowest BCUT2D eigenvalue weighted by Crippen LogP contribution is -2.42. The second kappa shape index (κ2) is 7.53. The van der Waals surface area contributed by atoms with Gasteiger partial charge in [-0.05, 0) is 50.3 Å². The van der Waals surface area contributed by atoms with Gasteiger partial charge in [0.15, 0.2) is 0 Å². The van der Waals surface area contributed by atoms with Crippen LogP contribution >= 0.6 is 0 Å². The first-order valence-electron chi connectivity index (χ1n) is 9.99. The van der Waals surface area contributed by atoms with Crippen LogP contribution in [0.5, 0.6) is 0 Å². The molecule has 0 radical (unpaired) electrons. The molecule has 0 aromatic heterocycles. The van der Waals surface area contributed by atoms with Crippen LogP contribution in [-0.4, -0.2) is 61.9 Å². The Kier molecular flexibility index (Phi) is 5.27. The van der Waals surface area contributed by atoms with Crippen molar-refractivity contribution in [1.82, 2.24) is 9.21 Å². The molecule has 2 heterocycles. The minimum Gasteiger partial charge on any atom is -0.379 e. The van der Waals surface area contributed by atoms with E-state index in [0.29, 0.717) is 43.8 Å². The largest absolute Gasteiger partial charge is 0.379 e. The van der Waals surface area contributed by atoms with Crippen LogP contribution in [0.4, 0.5) is 0 Å². The molecule has 2 saturated heterocycles. The molecule has 7 heteroatoms. The molecule has 3 fully saturated rings. The lowest BCUT2D eigenvalue weighted by atomic mass is 9.85. The van der Waals surface area contributed by atoms with Crippen LogP contribution in [0.25, 0.3) is 0 Å². The molecule has 3 atom stereocenters. The van der Waals surface area contributed by atoms with Crippen LogP contribution in [0.15, 0.2) is 29.2 Å². The molecule has 0 bridgehead atoms. The Morgan fingerprint density at radius 3 is 2.67 bits per heavy atom. The topological polar surface area (TPSA) is 66.9 Å². The lowest BCUT2D eigenvalue weighted by molar-refractivity contribution is 0.0633. The molecule has 27 heavy (non-hydrogen) atoms. The van der Waals surface area contributed by atoms with Gasteiger partial charge in [0, 0.05) is 30.7 Å². The highest BCUT2D eigenvalue weighted by Crippen LogP contribution is 2.40. The fourth-order valence-corrected chi connectivity index (χ4v) is 6.39. The van der Waals surface area contributed by atoms with Crippen molar-refractivity contribution in [2.24, 2.45) is 5.92 Å². The molecule has 1 amide bonds. The molecular weight excluding hydrogens is 364 g/mol. The number of nitrogens with zero attached hydrogens (tertiary/aromatic N) is 2. The Morgan fingerprint density at radius 2 is 1.89 bits per heavy atom. The van der Waals surface area contributed by atoms with E-state index < -0.39 is 10.0 Å². The molecule has 148 valence electrons. The average molecular weight is 393 g/mol. The Bertz CT molecular complexity index is 804. The fourth-order valence-electron chi connectivity index (χ4n) is 4.93. The lowest BCUT2D eigenvalue weighted by Gasteiger charge is -2.33. The molecule has 3 aliphatic rings. The summed E-state index contributed by atoms with van der Waals surface area (Å²) < 4.78 is 32.5. The van der Waals surface area contributed by atoms with Crippen molar-refractivity contribution in [2.45, 2.75) is 56.0 Å². The molecular formula is C20H28N2O4S. The summed E-state index contributed by atoms with van der Waals surface area (Å²) in [5.74, 6) is 0.564. The smallest absolute Gasteiger partial charge is 0.254 e. The van der Waals surface area contributed by atoms with Gasteiger partial charge in [-0.3, -0.25) is 4.79 Å². The monoisotopic (exact) mass is 392 g/mol. The number of morpholine rings is 1. The van der Waals surface area contributed by atoms with E-state index in [9.17, 15) is 13.2 Å². The van der Waals surface area contributed by atoms with Gasteiger partial charge in [0.2, 0.25) is 10.0 Å². The summed E-state index contributed by atoms with van der Waals surface area (Å²) in [6, 6.07) is 7.07. The standard InChI is InChI=1S/C20H28N2O4S/c1-15-13-16-5-2-3-8-19(16)22(15)20(23)17-6-4-7-18(14-17)27(24,25)21-9-11-26-12-10-21/h4,6-7,14-16,19H,2-3,5,8-13H2,1H3. The number of likely N-dealkylation sites (tertiary alicyclic amines) is 1. The quantitative estimate of drug-likeness (QED) is 0.793. The van der Waals surface area contributed by atoms with Crippen molar-refractivity contribution in [3.8, 4) is 0 Å². The highest BCUT2D eigenvalue weighted by molar-refractivity contribution is 7.89. The zero-order valence-electron chi connectivity index (χ0n) is 15.8. The van der Waals surface area contributed by atoms with E-state index in [2.05, 4.69) is 6.92 Å². The fraction of sp³-hybridized carbons (Fsp3) is 0.650. The van der Waals surface area contributed by atoms with Crippen molar-refractivity contribution >= 4 is 15.9 Å². The third kappa shape index (κ3) is 3.52. The Labute approximate surface area is 161 Å². The van der Waals surface area contributed by atoms with Gasteiger partial charge in [-0.25, -0.2) is 8.42 Å². The first-order valence-corrected chi connectivity index (χ1v) is 11.4. The van der Waals surface area contributed by atoms with Gasteiger partial charge in [-0.1, -0.05) is 18.9 Å². The molecule has 2 aliphatic heterocycles. The molecule has 6 nitrogen and oxygen atoms in total. The van der Waals surface area contributed by atoms with E-state index in [-0.39, 0.29) is 16.8 Å². The molecule has 4 rings (SSSR count). The minimum atomic E-state index is -3.60. The predicted octanol–water partition coefficient (Wildman–Crippen LogP) is 2.50. The van der Waals surface area contributed by atoms with E-state index in [1.54, 1.807) is 24.3 Å². The number of carbonyl (C=O) groups excluding carboxylic acids is 1. The maximum atomic E-state index is 13.3. The maximum Gasteiger partial charge on any atom is 0.254 e. The number of sulfonamides is 1. The van der Waals surface area contributed by atoms with Gasteiger partial charge in [0.25, 0.3) is 5.91 Å². The van der Waals surface area contributed by atoms with Crippen LogP contribution in [-0.2, 0) is 14.8 Å². The van der Waals surface area contributed by atoms with Crippen LogP contribution in [0.2, 0.25) is 0 Å². The van der Waals surface area contributed by atoms with Crippen molar-refractivity contribution in [3.63, 3.8) is 0 Å². The van der Waals surface area contributed by atoms with Gasteiger partial charge in [0.1, 0.15) is 0 Å². The number of amides is 1. The second-order valence-electron chi connectivity index (χ2n) is 7.95. The second-order valence-corrected chi connectivity index (χ2v) is 9.89.